The largest absolute Gasteiger partial charge is 0.383 e. The van der Waals surface area contributed by atoms with E-state index in [1.165, 1.54) is 12.0 Å². The van der Waals surface area contributed by atoms with Crippen molar-refractivity contribution >= 4 is 29.3 Å². The van der Waals surface area contributed by atoms with Gasteiger partial charge in [0, 0.05) is 31.9 Å². The van der Waals surface area contributed by atoms with Crippen LogP contribution in [0.2, 0.25) is 0 Å². The van der Waals surface area contributed by atoms with Crippen LogP contribution in [0.25, 0.3) is 0 Å². The van der Waals surface area contributed by atoms with Gasteiger partial charge in [-0.2, -0.15) is 5.10 Å². The number of nitrogen functional groups attached to an aromatic ring is 1. The molecule has 1 aromatic heterocycles. The monoisotopic (exact) mass is 411 g/mol. The van der Waals surface area contributed by atoms with Crippen LogP contribution in [0.5, 0.6) is 0 Å². The minimum atomic E-state index is -0.633. The molecule has 3 heterocycles. The highest BCUT2D eigenvalue weighted by molar-refractivity contribution is 6.02. The van der Waals surface area contributed by atoms with E-state index in [0.29, 0.717) is 11.7 Å². The number of likely N-dealkylation sites (tertiary alicyclic amines) is 2. The molecular formula is C21H29N7O2. The van der Waals surface area contributed by atoms with Crippen molar-refractivity contribution in [3.63, 3.8) is 0 Å². The SMILES string of the molecule is NC(=O)c1c(Nc2ccc(C3CCN(C(=O)N4CCCCC4)CC3)cc2)n[nH]c1N. The van der Waals surface area contributed by atoms with Crippen molar-refractivity contribution in [3.8, 4) is 0 Å². The molecule has 0 saturated carbocycles. The Morgan fingerprint density at radius 3 is 2.27 bits per heavy atom. The first-order chi connectivity index (χ1) is 14.5. The first-order valence-electron chi connectivity index (χ1n) is 10.6. The normalized spacial score (nSPS) is 17.7. The van der Waals surface area contributed by atoms with Gasteiger partial charge in [0.1, 0.15) is 11.4 Å². The molecule has 160 valence electrons. The smallest absolute Gasteiger partial charge is 0.319 e. The standard InChI is InChI=1S/C21H29N7O2/c22-18-17(19(23)29)20(26-25-18)24-16-6-4-14(5-7-16)15-8-12-28(13-9-15)21(30)27-10-2-1-3-11-27/h4-7,15H,1-3,8-13H2,(H2,23,29)(H4,22,24,25,26). The number of nitrogens with one attached hydrogen (secondary N) is 2. The van der Waals surface area contributed by atoms with Gasteiger partial charge >= 0.3 is 6.03 Å². The van der Waals surface area contributed by atoms with Gasteiger partial charge in [-0.25, -0.2) is 4.79 Å². The van der Waals surface area contributed by atoms with Crippen molar-refractivity contribution in [1.29, 1.82) is 0 Å². The van der Waals surface area contributed by atoms with Crippen LogP contribution in [-0.2, 0) is 0 Å². The molecule has 0 unspecified atom stereocenters. The van der Waals surface area contributed by atoms with Gasteiger partial charge in [-0.05, 0) is 55.7 Å². The van der Waals surface area contributed by atoms with Crippen molar-refractivity contribution < 1.29 is 9.59 Å². The average molecular weight is 412 g/mol. The first-order valence-corrected chi connectivity index (χ1v) is 10.6. The number of anilines is 3. The fourth-order valence-corrected chi connectivity index (χ4v) is 4.36. The quantitative estimate of drug-likeness (QED) is 0.614. The van der Waals surface area contributed by atoms with Crippen LogP contribution >= 0.6 is 0 Å². The Balaban J connectivity index is 1.34. The van der Waals surface area contributed by atoms with E-state index in [-0.39, 0.29) is 17.4 Å². The average Bonchev–Trinajstić information content (AvgIpc) is 3.14. The van der Waals surface area contributed by atoms with Crippen LogP contribution in [0.4, 0.5) is 22.1 Å². The summed E-state index contributed by atoms with van der Waals surface area (Å²) in [5.41, 5.74) is 13.3. The molecule has 2 aliphatic heterocycles. The highest BCUT2D eigenvalue weighted by atomic mass is 16.2. The molecule has 0 spiro atoms. The molecule has 6 N–H and O–H groups in total. The molecule has 2 fully saturated rings. The van der Waals surface area contributed by atoms with E-state index in [1.54, 1.807) is 0 Å². The van der Waals surface area contributed by atoms with E-state index in [4.69, 9.17) is 11.5 Å². The zero-order valence-electron chi connectivity index (χ0n) is 17.1. The van der Waals surface area contributed by atoms with E-state index >= 15 is 0 Å². The zero-order chi connectivity index (χ0) is 21.1. The molecule has 2 saturated heterocycles. The number of urea groups is 1. The minimum absolute atomic E-state index is 0.146. The highest BCUT2D eigenvalue weighted by Crippen LogP contribution is 2.30. The van der Waals surface area contributed by atoms with Gasteiger partial charge in [0.15, 0.2) is 5.82 Å². The summed E-state index contributed by atoms with van der Waals surface area (Å²) >= 11 is 0. The third-order valence-corrected chi connectivity index (χ3v) is 6.08. The molecular weight excluding hydrogens is 382 g/mol. The van der Waals surface area contributed by atoms with E-state index in [1.807, 2.05) is 21.9 Å². The number of rotatable bonds is 4. The number of nitrogens with two attached hydrogens (primary N) is 2. The number of carbonyl (C=O) groups is 2. The lowest BCUT2D eigenvalue weighted by molar-refractivity contribution is 0.100. The number of hydrogen-bond donors (Lipinski definition) is 4. The Labute approximate surface area is 175 Å². The molecule has 2 aromatic rings. The number of hydrogen-bond acceptors (Lipinski definition) is 5. The van der Waals surface area contributed by atoms with Crippen LogP contribution in [0.15, 0.2) is 24.3 Å². The molecule has 30 heavy (non-hydrogen) atoms. The van der Waals surface area contributed by atoms with Crippen LogP contribution < -0.4 is 16.8 Å². The van der Waals surface area contributed by atoms with Crippen molar-refractivity contribution in [2.45, 2.75) is 38.0 Å². The first kappa shape index (κ1) is 20.1. The second kappa shape index (κ2) is 8.64. The van der Waals surface area contributed by atoms with Gasteiger partial charge in [-0.3, -0.25) is 9.89 Å². The number of primary amides is 1. The summed E-state index contributed by atoms with van der Waals surface area (Å²) in [6, 6.07) is 8.27. The third kappa shape index (κ3) is 4.19. The van der Waals surface area contributed by atoms with Crippen molar-refractivity contribution in [2.75, 3.05) is 37.2 Å². The molecule has 0 aliphatic carbocycles. The summed E-state index contributed by atoms with van der Waals surface area (Å²) in [6.07, 6.45) is 5.40. The van der Waals surface area contributed by atoms with Crippen LogP contribution in [-0.4, -0.2) is 58.1 Å². The Morgan fingerprint density at radius 2 is 1.63 bits per heavy atom. The van der Waals surface area contributed by atoms with Gasteiger partial charge in [0.05, 0.1) is 0 Å². The van der Waals surface area contributed by atoms with Gasteiger partial charge < -0.3 is 26.6 Å². The summed E-state index contributed by atoms with van der Waals surface area (Å²) in [6.45, 7) is 3.39. The molecule has 2 aliphatic rings. The van der Waals surface area contributed by atoms with Gasteiger partial charge in [0.2, 0.25) is 0 Å². The number of piperidine rings is 2. The van der Waals surface area contributed by atoms with Crippen LogP contribution in [0, 0.1) is 0 Å². The van der Waals surface area contributed by atoms with E-state index in [0.717, 1.165) is 57.5 Å². The van der Waals surface area contributed by atoms with Gasteiger partial charge in [-0.1, -0.05) is 12.1 Å². The molecule has 0 atom stereocenters. The number of H-pyrrole nitrogens is 1. The second-order valence-electron chi connectivity index (χ2n) is 8.06. The molecule has 3 amide bonds. The molecule has 1 aromatic carbocycles. The van der Waals surface area contributed by atoms with Gasteiger partial charge in [-0.15, -0.1) is 0 Å². The summed E-state index contributed by atoms with van der Waals surface area (Å²) in [5.74, 6) is 0.266. The number of carbonyl (C=O) groups excluding carboxylic acids is 2. The Morgan fingerprint density at radius 1 is 1.00 bits per heavy atom. The number of aromatic amines is 1. The van der Waals surface area contributed by atoms with Crippen molar-refractivity contribution in [2.24, 2.45) is 5.73 Å². The second-order valence-corrected chi connectivity index (χ2v) is 8.06. The van der Waals surface area contributed by atoms with E-state index in [9.17, 15) is 9.59 Å². The highest BCUT2D eigenvalue weighted by Gasteiger charge is 2.27. The van der Waals surface area contributed by atoms with Crippen LogP contribution in [0.1, 0.15) is 53.9 Å². The lowest BCUT2D eigenvalue weighted by Gasteiger charge is -2.37. The fraction of sp³-hybridized carbons (Fsp3) is 0.476. The predicted octanol–water partition coefficient (Wildman–Crippen LogP) is 2.62. The van der Waals surface area contributed by atoms with E-state index < -0.39 is 5.91 Å². The number of amides is 3. The lowest BCUT2D eigenvalue weighted by Crippen LogP contribution is -2.48. The Bertz CT molecular complexity index is 895. The summed E-state index contributed by atoms with van der Waals surface area (Å²) in [4.78, 5) is 28.2. The summed E-state index contributed by atoms with van der Waals surface area (Å²) < 4.78 is 0. The Kier molecular flexibility index (Phi) is 5.78. The Hall–Kier alpha value is -3.23. The zero-order valence-corrected chi connectivity index (χ0v) is 17.1. The summed E-state index contributed by atoms with van der Waals surface area (Å²) in [7, 11) is 0. The number of benzene rings is 1. The number of aromatic nitrogens is 2. The maximum atomic E-state index is 12.7. The third-order valence-electron chi connectivity index (χ3n) is 6.08. The van der Waals surface area contributed by atoms with E-state index in [2.05, 4.69) is 27.6 Å². The molecule has 4 rings (SSSR count). The number of nitrogens with zero attached hydrogens (tertiary/aromatic N) is 3. The molecule has 0 radical (unpaired) electrons. The lowest BCUT2D eigenvalue weighted by atomic mass is 9.89. The van der Waals surface area contributed by atoms with Crippen LogP contribution in [0.3, 0.4) is 0 Å². The summed E-state index contributed by atoms with van der Waals surface area (Å²) in [5, 5.41) is 9.65. The minimum Gasteiger partial charge on any atom is -0.383 e. The van der Waals surface area contributed by atoms with Crippen molar-refractivity contribution in [1.82, 2.24) is 20.0 Å². The maximum absolute atomic E-state index is 12.7. The molecule has 0 bridgehead atoms. The predicted molar refractivity (Wildman–Crippen MR) is 116 cm³/mol. The topological polar surface area (TPSA) is 133 Å². The maximum Gasteiger partial charge on any atom is 0.319 e. The fourth-order valence-electron chi connectivity index (χ4n) is 4.36. The molecule has 9 heteroatoms. The molecule has 9 nitrogen and oxygen atoms in total. The van der Waals surface area contributed by atoms with Crippen molar-refractivity contribution in [3.05, 3.63) is 35.4 Å². The van der Waals surface area contributed by atoms with Gasteiger partial charge in [0.25, 0.3) is 5.91 Å².